The molecule has 8 heteroatoms. The van der Waals surface area contributed by atoms with E-state index in [2.05, 4.69) is 10.1 Å². The van der Waals surface area contributed by atoms with Gasteiger partial charge in [0.1, 0.15) is 0 Å². The first-order valence-corrected chi connectivity index (χ1v) is 9.17. The summed E-state index contributed by atoms with van der Waals surface area (Å²) in [4.78, 5) is 30.7. The number of amides is 1. The number of ether oxygens (including phenoxy) is 1. The average Bonchev–Trinajstić information content (AvgIpc) is 2.90. The Balaban J connectivity index is 2.38. The number of carboxylic acids is 1. The fourth-order valence-corrected chi connectivity index (χ4v) is 3.10. The molecular formula is C19H28N4O4. The number of fused-ring (bicyclic) bond motifs is 1. The summed E-state index contributed by atoms with van der Waals surface area (Å²) in [5, 5.41) is 14.4. The van der Waals surface area contributed by atoms with Crippen molar-refractivity contribution in [2.75, 3.05) is 26.3 Å². The second-order valence-electron chi connectivity index (χ2n) is 6.76. The highest BCUT2D eigenvalue weighted by atomic mass is 16.5. The van der Waals surface area contributed by atoms with E-state index in [-0.39, 0.29) is 12.5 Å². The van der Waals surface area contributed by atoms with Crippen LogP contribution in [0.3, 0.4) is 0 Å². The van der Waals surface area contributed by atoms with Gasteiger partial charge in [0, 0.05) is 39.0 Å². The Kier molecular flexibility index (Phi) is 6.90. The highest BCUT2D eigenvalue weighted by Gasteiger charge is 2.25. The first kappa shape index (κ1) is 20.8. The summed E-state index contributed by atoms with van der Waals surface area (Å²) in [5.74, 6) is -1.79. The third-order valence-electron chi connectivity index (χ3n) is 4.45. The molecule has 0 saturated heterocycles. The maximum Gasteiger partial charge on any atom is 0.308 e. The Morgan fingerprint density at radius 2 is 2.07 bits per heavy atom. The van der Waals surface area contributed by atoms with Gasteiger partial charge in [0.05, 0.1) is 22.6 Å². The van der Waals surface area contributed by atoms with Gasteiger partial charge in [-0.1, -0.05) is 6.92 Å². The van der Waals surface area contributed by atoms with Gasteiger partial charge in [-0.3, -0.25) is 14.3 Å². The van der Waals surface area contributed by atoms with Crippen LogP contribution in [0.4, 0.5) is 0 Å². The van der Waals surface area contributed by atoms with E-state index in [1.807, 2.05) is 20.8 Å². The van der Waals surface area contributed by atoms with Crippen LogP contribution in [0.5, 0.6) is 0 Å². The molecule has 0 bridgehead atoms. The number of nitrogens with zero attached hydrogens (tertiary/aromatic N) is 4. The number of carbonyl (C=O) groups is 2. The summed E-state index contributed by atoms with van der Waals surface area (Å²) >= 11 is 0. The first-order valence-electron chi connectivity index (χ1n) is 9.17. The zero-order chi connectivity index (χ0) is 20.1. The summed E-state index contributed by atoms with van der Waals surface area (Å²) in [6.07, 6.45) is 0.644. The molecule has 0 radical (unpaired) electrons. The number of hydrogen-bond donors (Lipinski definition) is 1. The monoisotopic (exact) mass is 376 g/mol. The number of rotatable bonds is 9. The molecule has 2 rings (SSSR count). The van der Waals surface area contributed by atoms with E-state index in [0.29, 0.717) is 42.8 Å². The minimum Gasteiger partial charge on any atom is -0.481 e. The molecule has 0 fully saturated rings. The van der Waals surface area contributed by atoms with Crippen molar-refractivity contribution in [1.82, 2.24) is 19.7 Å². The SMILES string of the molecule is CCOCCCN(CC(C)C(=O)O)C(=O)c1cc(C)nc2c1c(C)nn2C. The van der Waals surface area contributed by atoms with E-state index < -0.39 is 11.9 Å². The number of carboxylic acid groups (broad SMARTS) is 1. The predicted octanol–water partition coefficient (Wildman–Crippen LogP) is 2.17. The fourth-order valence-electron chi connectivity index (χ4n) is 3.10. The van der Waals surface area contributed by atoms with Crippen LogP contribution in [-0.4, -0.2) is 63.0 Å². The maximum absolute atomic E-state index is 13.3. The lowest BCUT2D eigenvalue weighted by Crippen LogP contribution is -2.38. The third kappa shape index (κ3) is 4.82. The molecule has 0 aromatic carbocycles. The van der Waals surface area contributed by atoms with Crippen molar-refractivity contribution in [1.29, 1.82) is 0 Å². The largest absolute Gasteiger partial charge is 0.481 e. The molecule has 148 valence electrons. The Hall–Kier alpha value is -2.48. The normalized spacial score (nSPS) is 12.3. The van der Waals surface area contributed by atoms with Gasteiger partial charge in [-0.25, -0.2) is 4.98 Å². The van der Waals surface area contributed by atoms with Crippen LogP contribution in [0, 0.1) is 19.8 Å². The van der Waals surface area contributed by atoms with Gasteiger partial charge in [0.2, 0.25) is 0 Å². The molecule has 0 spiro atoms. The van der Waals surface area contributed by atoms with Crippen molar-refractivity contribution in [2.24, 2.45) is 13.0 Å². The molecule has 1 N–H and O–H groups in total. The smallest absolute Gasteiger partial charge is 0.308 e. The zero-order valence-corrected chi connectivity index (χ0v) is 16.7. The topological polar surface area (TPSA) is 97.6 Å². The van der Waals surface area contributed by atoms with Crippen molar-refractivity contribution in [3.05, 3.63) is 23.0 Å². The summed E-state index contributed by atoms with van der Waals surface area (Å²) in [6, 6.07) is 1.75. The van der Waals surface area contributed by atoms with E-state index in [1.165, 1.54) is 0 Å². The highest BCUT2D eigenvalue weighted by Crippen LogP contribution is 2.23. The van der Waals surface area contributed by atoms with Crippen molar-refractivity contribution < 1.29 is 19.4 Å². The minimum absolute atomic E-state index is 0.141. The van der Waals surface area contributed by atoms with Crippen LogP contribution in [0.2, 0.25) is 0 Å². The van der Waals surface area contributed by atoms with Gasteiger partial charge in [-0.05, 0) is 33.3 Å². The van der Waals surface area contributed by atoms with Crippen LogP contribution >= 0.6 is 0 Å². The van der Waals surface area contributed by atoms with Crippen LogP contribution in [-0.2, 0) is 16.6 Å². The lowest BCUT2D eigenvalue weighted by molar-refractivity contribution is -0.141. The Labute approximate surface area is 159 Å². The highest BCUT2D eigenvalue weighted by molar-refractivity contribution is 6.06. The number of pyridine rings is 1. The molecule has 2 aromatic heterocycles. The molecule has 0 aliphatic carbocycles. The van der Waals surface area contributed by atoms with Crippen molar-refractivity contribution in [3.8, 4) is 0 Å². The molecule has 2 heterocycles. The Morgan fingerprint density at radius 1 is 1.37 bits per heavy atom. The summed E-state index contributed by atoms with van der Waals surface area (Å²) in [7, 11) is 1.79. The van der Waals surface area contributed by atoms with Crippen molar-refractivity contribution in [2.45, 2.75) is 34.1 Å². The van der Waals surface area contributed by atoms with E-state index in [1.54, 1.807) is 29.6 Å². The number of carbonyl (C=O) groups excluding carboxylic acids is 1. The maximum atomic E-state index is 13.3. The Morgan fingerprint density at radius 3 is 2.70 bits per heavy atom. The van der Waals surface area contributed by atoms with Crippen molar-refractivity contribution >= 4 is 22.9 Å². The van der Waals surface area contributed by atoms with Gasteiger partial charge >= 0.3 is 5.97 Å². The van der Waals surface area contributed by atoms with E-state index in [9.17, 15) is 14.7 Å². The van der Waals surface area contributed by atoms with E-state index >= 15 is 0 Å². The van der Waals surface area contributed by atoms with Gasteiger partial charge in [0.15, 0.2) is 5.65 Å². The molecule has 27 heavy (non-hydrogen) atoms. The van der Waals surface area contributed by atoms with E-state index in [4.69, 9.17) is 4.74 Å². The number of aliphatic carboxylic acids is 1. The zero-order valence-electron chi connectivity index (χ0n) is 16.7. The minimum atomic E-state index is -0.925. The molecule has 0 saturated carbocycles. The second kappa shape index (κ2) is 8.94. The van der Waals surface area contributed by atoms with Gasteiger partial charge in [-0.2, -0.15) is 5.10 Å². The van der Waals surface area contributed by atoms with Crippen molar-refractivity contribution in [3.63, 3.8) is 0 Å². The molecule has 1 unspecified atom stereocenters. The summed E-state index contributed by atoms with van der Waals surface area (Å²) in [5.41, 5.74) is 2.60. The van der Waals surface area contributed by atoms with Gasteiger partial charge < -0.3 is 14.7 Å². The molecule has 2 aromatic rings. The predicted molar refractivity (Wildman–Crippen MR) is 102 cm³/mol. The molecule has 1 atom stereocenters. The lowest BCUT2D eigenvalue weighted by atomic mass is 10.1. The molecule has 0 aliphatic heterocycles. The lowest BCUT2D eigenvalue weighted by Gasteiger charge is -2.25. The van der Waals surface area contributed by atoms with Crippen LogP contribution in [0.15, 0.2) is 6.07 Å². The first-order chi connectivity index (χ1) is 12.8. The Bertz CT molecular complexity index is 831. The van der Waals surface area contributed by atoms with Crippen LogP contribution < -0.4 is 0 Å². The standard InChI is InChI=1S/C19H28N4O4/c1-6-27-9-7-8-23(11-12(2)19(25)26)18(24)15-10-13(3)20-17-16(15)14(4)21-22(17)5/h10,12H,6-9,11H2,1-5H3,(H,25,26). The van der Waals surface area contributed by atoms with E-state index in [0.717, 1.165) is 11.4 Å². The molecule has 8 nitrogen and oxygen atoms in total. The third-order valence-corrected chi connectivity index (χ3v) is 4.45. The quantitative estimate of drug-likeness (QED) is 0.674. The molecule has 0 aliphatic rings. The molecule has 1 amide bonds. The average molecular weight is 376 g/mol. The number of aromatic nitrogens is 3. The molecular weight excluding hydrogens is 348 g/mol. The second-order valence-corrected chi connectivity index (χ2v) is 6.76. The van der Waals surface area contributed by atoms with Crippen LogP contribution in [0.25, 0.3) is 11.0 Å². The number of aryl methyl sites for hydroxylation is 3. The summed E-state index contributed by atoms with van der Waals surface area (Å²) in [6.45, 7) is 8.90. The summed E-state index contributed by atoms with van der Waals surface area (Å²) < 4.78 is 7.02. The van der Waals surface area contributed by atoms with Crippen LogP contribution in [0.1, 0.15) is 42.0 Å². The van der Waals surface area contributed by atoms with Gasteiger partial charge in [-0.15, -0.1) is 0 Å². The fraction of sp³-hybridized carbons (Fsp3) is 0.579. The van der Waals surface area contributed by atoms with Gasteiger partial charge in [0.25, 0.3) is 5.91 Å². The number of hydrogen-bond acceptors (Lipinski definition) is 5.